The second-order valence-electron chi connectivity index (χ2n) is 8.44. The van der Waals surface area contributed by atoms with Crippen LogP contribution in [0.2, 0.25) is 0 Å². The molecule has 0 radical (unpaired) electrons. The number of imide groups is 1. The van der Waals surface area contributed by atoms with Gasteiger partial charge in [0.1, 0.15) is 11.9 Å². The summed E-state index contributed by atoms with van der Waals surface area (Å²) >= 11 is 0. The molecular weight excluding hydrogens is 391 g/mol. The fraction of sp³-hybridized carbons (Fsp3) is 0.524. The van der Waals surface area contributed by atoms with Gasteiger partial charge in [-0.2, -0.15) is 0 Å². The maximum atomic E-state index is 14.4. The number of hydrogen-bond acceptors (Lipinski definition) is 5. The zero-order valence-corrected chi connectivity index (χ0v) is 16.5. The van der Waals surface area contributed by atoms with Crippen LogP contribution >= 0.6 is 0 Å². The third-order valence-corrected chi connectivity index (χ3v) is 6.46. The van der Waals surface area contributed by atoms with Crippen molar-refractivity contribution in [2.24, 2.45) is 5.92 Å². The van der Waals surface area contributed by atoms with Crippen LogP contribution in [0.3, 0.4) is 0 Å². The van der Waals surface area contributed by atoms with Crippen molar-refractivity contribution in [2.45, 2.75) is 38.3 Å². The molecule has 1 aromatic carbocycles. The molecule has 1 N–H and O–H groups in total. The van der Waals surface area contributed by atoms with E-state index in [1.807, 2.05) is 9.80 Å². The number of nitrogens with zero attached hydrogens (tertiary/aromatic N) is 3. The number of fused-ring (bicyclic) bond motifs is 1. The van der Waals surface area contributed by atoms with Crippen molar-refractivity contribution in [3.8, 4) is 0 Å². The van der Waals surface area contributed by atoms with Crippen LogP contribution in [0.5, 0.6) is 0 Å². The number of halogens is 1. The van der Waals surface area contributed by atoms with Crippen molar-refractivity contribution in [3.63, 3.8) is 0 Å². The molecule has 3 heterocycles. The van der Waals surface area contributed by atoms with Crippen LogP contribution in [0.1, 0.15) is 41.6 Å². The number of nitrogens with one attached hydrogen (secondary N) is 1. The lowest BCUT2D eigenvalue weighted by Crippen LogP contribution is -2.52. The number of anilines is 1. The van der Waals surface area contributed by atoms with Crippen LogP contribution in [0.4, 0.5) is 10.1 Å². The Balaban J connectivity index is 1.36. The average molecular weight is 414 g/mol. The van der Waals surface area contributed by atoms with E-state index in [-0.39, 0.29) is 48.6 Å². The maximum Gasteiger partial charge on any atom is 0.255 e. The number of carbonyl (C=O) groups excluding carboxylic acids is 4. The maximum absolute atomic E-state index is 14.4. The Morgan fingerprint density at radius 1 is 1.03 bits per heavy atom. The molecule has 4 amide bonds. The average Bonchev–Trinajstić information content (AvgIpc) is 3.53. The lowest BCUT2D eigenvalue weighted by molar-refractivity contribution is -0.137. The second kappa shape index (κ2) is 7.07. The molecule has 1 aliphatic carbocycles. The van der Waals surface area contributed by atoms with Gasteiger partial charge in [-0.25, -0.2) is 4.39 Å². The van der Waals surface area contributed by atoms with Gasteiger partial charge in [-0.15, -0.1) is 0 Å². The largest absolute Gasteiger partial charge is 0.368 e. The fourth-order valence-corrected chi connectivity index (χ4v) is 4.65. The molecule has 5 rings (SSSR count). The molecule has 4 aliphatic rings. The number of carbonyl (C=O) groups is 4. The second-order valence-corrected chi connectivity index (χ2v) is 8.44. The summed E-state index contributed by atoms with van der Waals surface area (Å²) in [7, 11) is 0. The van der Waals surface area contributed by atoms with E-state index < -0.39 is 17.8 Å². The van der Waals surface area contributed by atoms with E-state index in [9.17, 15) is 23.6 Å². The van der Waals surface area contributed by atoms with Crippen LogP contribution < -0.4 is 10.2 Å². The van der Waals surface area contributed by atoms with Crippen molar-refractivity contribution >= 4 is 29.3 Å². The Bertz CT molecular complexity index is 953. The third-order valence-electron chi connectivity index (χ3n) is 6.46. The van der Waals surface area contributed by atoms with Gasteiger partial charge in [-0.1, -0.05) is 0 Å². The highest BCUT2D eigenvalue weighted by molar-refractivity contribution is 6.06. The quantitative estimate of drug-likeness (QED) is 0.734. The SMILES string of the molecule is O=C1CCC(N2Cc3c(cc(F)cc3N3CCN(C(=O)C4CC4)CC3)C2=O)C(=O)N1. The van der Waals surface area contributed by atoms with Crippen molar-refractivity contribution in [2.75, 3.05) is 31.1 Å². The highest BCUT2D eigenvalue weighted by Crippen LogP contribution is 2.36. The van der Waals surface area contributed by atoms with Crippen LogP contribution in [0, 0.1) is 11.7 Å². The minimum atomic E-state index is -0.730. The molecule has 0 bridgehead atoms. The normalized spacial score (nSPS) is 24.2. The Hall–Kier alpha value is -2.97. The predicted molar refractivity (Wildman–Crippen MR) is 104 cm³/mol. The van der Waals surface area contributed by atoms with E-state index >= 15 is 0 Å². The predicted octanol–water partition coefficient (Wildman–Crippen LogP) is 0.645. The molecule has 3 aliphatic heterocycles. The molecule has 3 fully saturated rings. The summed E-state index contributed by atoms with van der Waals surface area (Å²) in [6, 6.07) is 1.92. The lowest BCUT2D eigenvalue weighted by Gasteiger charge is -2.37. The molecule has 1 atom stereocenters. The first-order valence-corrected chi connectivity index (χ1v) is 10.4. The van der Waals surface area contributed by atoms with Gasteiger partial charge < -0.3 is 14.7 Å². The van der Waals surface area contributed by atoms with Crippen molar-refractivity contribution in [1.29, 1.82) is 0 Å². The summed E-state index contributed by atoms with van der Waals surface area (Å²) in [5.41, 5.74) is 1.62. The summed E-state index contributed by atoms with van der Waals surface area (Å²) in [6.07, 6.45) is 2.38. The smallest absolute Gasteiger partial charge is 0.255 e. The number of benzene rings is 1. The molecule has 158 valence electrons. The number of rotatable bonds is 3. The monoisotopic (exact) mass is 414 g/mol. The number of amides is 4. The lowest BCUT2D eigenvalue weighted by atomic mass is 10.0. The molecular formula is C21H23FN4O4. The highest BCUT2D eigenvalue weighted by atomic mass is 19.1. The summed E-state index contributed by atoms with van der Waals surface area (Å²) in [5.74, 6) is -1.33. The Morgan fingerprint density at radius 2 is 1.77 bits per heavy atom. The number of piperazine rings is 1. The molecule has 1 saturated carbocycles. The number of hydrogen-bond donors (Lipinski definition) is 1. The zero-order valence-electron chi connectivity index (χ0n) is 16.5. The van der Waals surface area contributed by atoms with Crippen LogP contribution in [0.15, 0.2) is 12.1 Å². The summed E-state index contributed by atoms with van der Waals surface area (Å²) < 4.78 is 14.4. The Morgan fingerprint density at radius 3 is 2.43 bits per heavy atom. The Labute approximate surface area is 173 Å². The van der Waals surface area contributed by atoms with Crippen molar-refractivity contribution in [3.05, 3.63) is 29.1 Å². The minimum absolute atomic E-state index is 0.175. The molecule has 0 spiro atoms. The van der Waals surface area contributed by atoms with Gasteiger partial charge in [0.15, 0.2) is 0 Å². The number of piperidine rings is 1. The van der Waals surface area contributed by atoms with Gasteiger partial charge in [-0.05, 0) is 31.4 Å². The van der Waals surface area contributed by atoms with E-state index in [4.69, 9.17) is 0 Å². The van der Waals surface area contributed by atoms with Gasteiger partial charge in [0.05, 0.1) is 0 Å². The van der Waals surface area contributed by atoms with E-state index in [0.717, 1.165) is 12.8 Å². The minimum Gasteiger partial charge on any atom is -0.368 e. The summed E-state index contributed by atoms with van der Waals surface area (Å²) in [4.78, 5) is 54.3. The van der Waals surface area contributed by atoms with Gasteiger partial charge in [-0.3, -0.25) is 24.5 Å². The van der Waals surface area contributed by atoms with Crippen LogP contribution in [-0.4, -0.2) is 65.6 Å². The Kier molecular flexibility index (Phi) is 4.48. The van der Waals surface area contributed by atoms with Crippen LogP contribution in [-0.2, 0) is 20.9 Å². The highest BCUT2D eigenvalue weighted by Gasteiger charge is 2.41. The molecule has 1 unspecified atom stereocenters. The van der Waals surface area contributed by atoms with Crippen molar-refractivity contribution in [1.82, 2.24) is 15.1 Å². The molecule has 0 aromatic heterocycles. The van der Waals surface area contributed by atoms with Gasteiger partial charge in [0.25, 0.3) is 5.91 Å². The van der Waals surface area contributed by atoms with Crippen LogP contribution in [0.25, 0.3) is 0 Å². The van der Waals surface area contributed by atoms with E-state index in [0.29, 0.717) is 37.4 Å². The molecule has 2 saturated heterocycles. The molecule has 1 aromatic rings. The summed E-state index contributed by atoms with van der Waals surface area (Å²) in [6.45, 7) is 2.50. The first-order chi connectivity index (χ1) is 14.4. The third kappa shape index (κ3) is 3.22. The van der Waals surface area contributed by atoms with Gasteiger partial charge >= 0.3 is 0 Å². The zero-order chi connectivity index (χ0) is 21.0. The van der Waals surface area contributed by atoms with Gasteiger partial charge in [0, 0.05) is 61.9 Å². The first-order valence-electron chi connectivity index (χ1n) is 10.4. The van der Waals surface area contributed by atoms with E-state index in [1.54, 1.807) is 0 Å². The molecule has 9 heteroatoms. The van der Waals surface area contributed by atoms with E-state index in [2.05, 4.69) is 5.32 Å². The first kappa shape index (κ1) is 19.0. The molecule has 8 nitrogen and oxygen atoms in total. The van der Waals surface area contributed by atoms with Gasteiger partial charge in [0.2, 0.25) is 17.7 Å². The molecule has 30 heavy (non-hydrogen) atoms. The fourth-order valence-electron chi connectivity index (χ4n) is 4.65. The standard InChI is InChI=1S/C21H23FN4O4/c22-13-9-14-15(11-26(21(14)30)16-3-4-18(27)23-19(16)28)17(10-13)24-5-7-25(8-6-24)20(29)12-1-2-12/h9-10,12,16H,1-8,11H2,(H,23,27,28). The summed E-state index contributed by atoms with van der Waals surface area (Å²) in [5, 5.41) is 2.28. The van der Waals surface area contributed by atoms with E-state index in [1.165, 1.54) is 17.0 Å². The topological polar surface area (TPSA) is 90.0 Å². The van der Waals surface area contributed by atoms with Crippen molar-refractivity contribution < 1.29 is 23.6 Å².